The lowest BCUT2D eigenvalue weighted by Gasteiger charge is -2.29. The molecule has 0 aliphatic carbocycles. The largest absolute Gasteiger partial charge is 0.376 e. The molecule has 1 rings (SSSR count). The number of hydrogen-bond donors (Lipinski definition) is 0. The molecule has 1 saturated heterocycles. The van der Waals surface area contributed by atoms with Crippen LogP contribution < -0.4 is 0 Å². The van der Waals surface area contributed by atoms with Crippen molar-refractivity contribution in [2.45, 2.75) is 20.0 Å². The second-order valence-electron chi connectivity index (χ2n) is 2.94. The van der Waals surface area contributed by atoms with Crippen LogP contribution in [0.3, 0.4) is 0 Å². The molecule has 4 nitrogen and oxygen atoms in total. The molecule has 0 amide bonds. The van der Waals surface area contributed by atoms with Crippen LogP contribution in [0.4, 0.5) is 0 Å². The van der Waals surface area contributed by atoms with Gasteiger partial charge in [0.2, 0.25) is 10.0 Å². The van der Waals surface area contributed by atoms with Crippen molar-refractivity contribution in [2.24, 2.45) is 0 Å². The lowest BCUT2D eigenvalue weighted by Crippen LogP contribution is -2.45. The Labute approximate surface area is 73.6 Å². The summed E-state index contributed by atoms with van der Waals surface area (Å²) in [5.74, 6) is 0.180. The highest BCUT2D eigenvalue weighted by Crippen LogP contribution is 2.09. The predicted molar refractivity (Wildman–Crippen MR) is 46.4 cm³/mol. The van der Waals surface area contributed by atoms with Gasteiger partial charge in [-0.1, -0.05) is 0 Å². The van der Waals surface area contributed by atoms with E-state index in [-0.39, 0.29) is 11.9 Å². The molecule has 1 atom stereocenters. The zero-order valence-corrected chi connectivity index (χ0v) is 8.30. The van der Waals surface area contributed by atoms with Crippen LogP contribution in [-0.2, 0) is 14.8 Å². The van der Waals surface area contributed by atoms with Crippen LogP contribution in [-0.4, -0.2) is 44.3 Å². The summed E-state index contributed by atoms with van der Waals surface area (Å²) in [4.78, 5) is 0. The molecule has 1 aliphatic rings. The van der Waals surface area contributed by atoms with E-state index in [1.165, 1.54) is 4.31 Å². The van der Waals surface area contributed by atoms with Gasteiger partial charge in [-0.2, -0.15) is 4.31 Å². The quantitative estimate of drug-likeness (QED) is 0.623. The number of nitrogens with zero attached hydrogens (tertiary/aromatic N) is 1. The molecule has 1 aliphatic heterocycles. The molecule has 1 fully saturated rings. The monoisotopic (exact) mass is 193 g/mol. The van der Waals surface area contributed by atoms with Gasteiger partial charge in [-0.15, -0.1) is 0 Å². The first-order chi connectivity index (χ1) is 5.56. The minimum atomic E-state index is -3.00. The number of ether oxygens (including phenoxy) is 1. The van der Waals surface area contributed by atoms with Gasteiger partial charge >= 0.3 is 0 Å². The van der Waals surface area contributed by atoms with Gasteiger partial charge in [-0.3, -0.25) is 0 Å². The topological polar surface area (TPSA) is 46.6 Å². The van der Waals surface area contributed by atoms with Gasteiger partial charge in [0.1, 0.15) is 0 Å². The zero-order chi connectivity index (χ0) is 9.19. The molecule has 0 saturated carbocycles. The van der Waals surface area contributed by atoms with Crippen LogP contribution in [0.2, 0.25) is 0 Å². The molecule has 0 spiro atoms. The Balaban J connectivity index is 2.63. The fourth-order valence-corrected chi connectivity index (χ4v) is 2.38. The van der Waals surface area contributed by atoms with Crippen molar-refractivity contribution in [3.05, 3.63) is 0 Å². The smallest absolute Gasteiger partial charge is 0.213 e. The molecular weight excluding hydrogens is 178 g/mol. The van der Waals surface area contributed by atoms with Gasteiger partial charge in [0.25, 0.3) is 0 Å². The zero-order valence-electron chi connectivity index (χ0n) is 7.49. The number of morpholine rings is 1. The van der Waals surface area contributed by atoms with Crippen molar-refractivity contribution in [1.82, 2.24) is 4.31 Å². The summed E-state index contributed by atoms with van der Waals surface area (Å²) in [6.45, 7) is 5.06. The van der Waals surface area contributed by atoms with Gasteiger partial charge in [-0.25, -0.2) is 8.42 Å². The van der Waals surface area contributed by atoms with Crippen LogP contribution in [0.15, 0.2) is 0 Å². The van der Waals surface area contributed by atoms with Gasteiger partial charge < -0.3 is 4.74 Å². The second kappa shape index (κ2) is 3.72. The van der Waals surface area contributed by atoms with Crippen LogP contribution >= 0.6 is 0 Å². The third-order valence-electron chi connectivity index (χ3n) is 1.96. The van der Waals surface area contributed by atoms with Crippen molar-refractivity contribution < 1.29 is 13.2 Å². The molecule has 1 heterocycles. The average Bonchev–Trinajstić information content (AvgIpc) is 2.05. The van der Waals surface area contributed by atoms with Gasteiger partial charge in [-0.05, 0) is 13.8 Å². The third kappa shape index (κ3) is 2.18. The van der Waals surface area contributed by atoms with Crippen molar-refractivity contribution in [1.29, 1.82) is 0 Å². The maximum Gasteiger partial charge on any atom is 0.213 e. The third-order valence-corrected chi connectivity index (χ3v) is 3.81. The highest BCUT2D eigenvalue weighted by molar-refractivity contribution is 7.89. The average molecular weight is 193 g/mol. The standard InChI is InChI=1S/C7H15NO3S/c1-3-12(9,10)8-4-5-11-7(2)6-8/h7H,3-6H2,1-2H3/t7-/m1/s1. The van der Waals surface area contributed by atoms with E-state index in [0.29, 0.717) is 19.7 Å². The maximum atomic E-state index is 11.4. The summed E-state index contributed by atoms with van der Waals surface area (Å²) in [6.07, 6.45) is 0.0278. The molecule has 5 heteroatoms. The van der Waals surface area contributed by atoms with Crippen molar-refractivity contribution in [3.8, 4) is 0 Å². The molecular formula is C7H15NO3S. The fraction of sp³-hybridized carbons (Fsp3) is 1.00. The van der Waals surface area contributed by atoms with Gasteiger partial charge in [0.15, 0.2) is 0 Å². The summed E-state index contributed by atoms with van der Waals surface area (Å²) in [6, 6.07) is 0. The normalized spacial score (nSPS) is 27.3. The summed E-state index contributed by atoms with van der Waals surface area (Å²) in [5.41, 5.74) is 0. The van der Waals surface area contributed by atoms with E-state index in [0.717, 1.165) is 0 Å². The minimum absolute atomic E-state index is 0.0278. The Hall–Kier alpha value is -0.130. The maximum absolute atomic E-state index is 11.4. The lowest BCUT2D eigenvalue weighted by atomic mass is 10.3. The van der Waals surface area contributed by atoms with Crippen molar-refractivity contribution in [3.63, 3.8) is 0 Å². The summed E-state index contributed by atoms with van der Waals surface area (Å²) >= 11 is 0. The molecule has 0 radical (unpaired) electrons. The van der Waals surface area contributed by atoms with E-state index in [1.807, 2.05) is 6.92 Å². The van der Waals surface area contributed by atoms with E-state index in [9.17, 15) is 8.42 Å². The Morgan fingerprint density at radius 3 is 2.75 bits per heavy atom. The lowest BCUT2D eigenvalue weighted by molar-refractivity contribution is 0.0102. The van der Waals surface area contributed by atoms with E-state index in [1.54, 1.807) is 6.92 Å². The Morgan fingerprint density at radius 1 is 1.58 bits per heavy atom. The molecule has 0 bridgehead atoms. The van der Waals surface area contributed by atoms with Gasteiger partial charge in [0.05, 0.1) is 18.5 Å². The van der Waals surface area contributed by atoms with E-state index >= 15 is 0 Å². The molecule has 0 aromatic heterocycles. The molecule has 0 unspecified atom stereocenters. The number of hydrogen-bond acceptors (Lipinski definition) is 3. The molecule has 12 heavy (non-hydrogen) atoms. The minimum Gasteiger partial charge on any atom is -0.376 e. The molecule has 72 valence electrons. The predicted octanol–water partition coefficient (Wildman–Crippen LogP) is 0.0568. The Bertz CT molecular complexity index is 237. The first kappa shape index (κ1) is 9.95. The molecule has 0 aromatic rings. The summed E-state index contributed by atoms with van der Waals surface area (Å²) in [7, 11) is -3.00. The molecule has 0 N–H and O–H groups in total. The van der Waals surface area contributed by atoms with Gasteiger partial charge in [0, 0.05) is 13.1 Å². The van der Waals surface area contributed by atoms with Crippen LogP contribution in [0.5, 0.6) is 0 Å². The van der Waals surface area contributed by atoms with E-state index in [4.69, 9.17) is 4.74 Å². The highest BCUT2D eigenvalue weighted by atomic mass is 32.2. The highest BCUT2D eigenvalue weighted by Gasteiger charge is 2.25. The summed E-state index contributed by atoms with van der Waals surface area (Å²) < 4.78 is 29.5. The first-order valence-electron chi connectivity index (χ1n) is 4.15. The van der Waals surface area contributed by atoms with Crippen LogP contribution in [0, 0.1) is 0 Å². The van der Waals surface area contributed by atoms with Crippen molar-refractivity contribution in [2.75, 3.05) is 25.4 Å². The van der Waals surface area contributed by atoms with E-state index < -0.39 is 10.0 Å². The number of sulfonamides is 1. The van der Waals surface area contributed by atoms with Crippen LogP contribution in [0.25, 0.3) is 0 Å². The van der Waals surface area contributed by atoms with E-state index in [2.05, 4.69) is 0 Å². The Morgan fingerprint density at radius 2 is 2.25 bits per heavy atom. The molecule has 0 aromatic carbocycles. The van der Waals surface area contributed by atoms with Crippen LogP contribution in [0.1, 0.15) is 13.8 Å². The Kier molecular flexibility index (Phi) is 3.09. The fourth-order valence-electron chi connectivity index (χ4n) is 1.22. The summed E-state index contributed by atoms with van der Waals surface area (Å²) in [5, 5.41) is 0. The van der Waals surface area contributed by atoms with Crippen molar-refractivity contribution >= 4 is 10.0 Å². The first-order valence-corrected chi connectivity index (χ1v) is 5.76. The number of rotatable bonds is 2. The second-order valence-corrected chi connectivity index (χ2v) is 5.20. The SMILES string of the molecule is CCS(=O)(=O)N1CCO[C@H](C)C1.